The first-order chi connectivity index (χ1) is 10.1. The third kappa shape index (κ3) is 2.27. The third-order valence-corrected chi connectivity index (χ3v) is 6.21. The number of thiophene rings is 1. The van der Waals surface area contributed by atoms with E-state index in [0.717, 1.165) is 43.8 Å². The minimum Gasteiger partial charge on any atom is -0.316 e. The van der Waals surface area contributed by atoms with Crippen LogP contribution >= 0.6 is 11.3 Å². The lowest BCUT2D eigenvalue weighted by atomic mass is 9.75. The number of amides is 1. The molecule has 1 unspecified atom stereocenters. The van der Waals surface area contributed by atoms with Crippen molar-refractivity contribution in [1.29, 1.82) is 5.26 Å². The Morgan fingerprint density at radius 3 is 2.90 bits per heavy atom. The molecule has 3 rings (SSSR count). The number of carbonyl (C=O) groups is 1. The molecule has 21 heavy (non-hydrogen) atoms. The number of rotatable bonds is 3. The van der Waals surface area contributed by atoms with E-state index in [-0.39, 0.29) is 17.2 Å². The van der Waals surface area contributed by atoms with Gasteiger partial charge < -0.3 is 10.6 Å². The first-order valence-electron chi connectivity index (χ1n) is 7.65. The van der Waals surface area contributed by atoms with Crippen LogP contribution in [0.3, 0.4) is 0 Å². The summed E-state index contributed by atoms with van der Waals surface area (Å²) in [5, 5.41) is 16.6. The zero-order valence-electron chi connectivity index (χ0n) is 12.6. The molecule has 4 nitrogen and oxygen atoms in total. The number of anilines is 1. The molecule has 2 N–H and O–H groups in total. The summed E-state index contributed by atoms with van der Waals surface area (Å²) in [6.07, 6.45) is 4.01. The molecule has 1 aliphatic carbocycles. The molecule has 1 aromatic rings. The van der Waals surface area contributed by atoms with Gasteiger partial charge in [0.15, 0.2) is 0 Å². The fraction of sp³-hybridized carbons (Fsp3) is 0.625. The number of hydrogen-bond donors (Lipinski definition) is 2. The van der Waals surface area contributed by atoms with Gasteiger partial charge in [-0.2, -0.15) is 5.26 Å². The second-order valence-corrected chi connectivity index (χ2v) is 7.47. The lowest BCUT2D eigenvalue weighted by molar-refractivity contribution is -0.126. The van der Waals surface area contributed by atoms with Gasteiger partial charge in [-0.3, -0.25) is 4.79 Å². The Morgan fingerprint density at radius 2 is 2.29 bits per heavy atom. The molecule has 1 fully saturated rings. The first kappa shape index (κ1) is 14.6. The molecular formula is C16H21N3OS. The number of aryl methyl sites for hydroxylation is 1. The highest BCUT2D eigenvalue weighted by molar-refractivity contribution is 7.16. The maximum Gasteiger partial charge on any atom is 0.232 e. The molecule has 0 aromatic carbocycles. The van der Waals surface area contributed by atoms with Crippen LogP contribution < -0.4 is 10.6 Å². The lowest BCUT2D eigenvalue weighted by Crippen LogP contribution is -2.42. The molecule has 1 atom stereocenters. The number of fused-ring (bicyclic) bond motifs is 1. The lowest BCUT2D eigenvalue weighted by Gasteiger charge is -2.30. The Kier molecular flexibility index (Phi) is 3.76. The molecule has 0 bridgehead atoms. The predicted molar refractivity (Wildman–Crippen MR) is 84.4 cm³/mol. The monoisotopic (exact) mass is 303 g/mol. The van der Waals surface area contributed by atoms with E-state index in [1.54, 1.807) is 11.3 Å². The van der Waals surface area contributed by atoms with E-state index in [0.29, 0.717) is 5.56 Å². The van der Waals surface area contributed by atoms with Crippen LogP contribution in [0.15, 0.2) is 0 Å². The smallest absolute Gasteiger partial charge is 0.232 e. The Hall–Kier alpha value is -1.38. The van der Waals surface area contributed by atoms with Crippen molar-refractivity contribution in [3.05, 3.63) is 16.0 Å². The Balaban J connectivity index is 1.87. The van der Waals surface area contributed by atoms with E-state index in [1.165, 1.54) is 10.4 Å². The van der Waals surface area contributed by atoms with Gasteiger partial charge in [-0.15, -0.1) is 11.3 Å². The second kappa shape index (κ2) is 5.43. The molecule has 2 heterocycles. The van der Waals surface area contributed by atoms with Crippen LogP contribution in [-0.2, 0) is 17.6 Å². The Morgan fingerprint density at radius 1 is 1.48 bits per heavy atom. The van der Waals surface area contributed by atoms with Crippen molar-refractivity contribution < 1.29 is 4.79 Å². The van der Waals surface area contributed by atoms with Gasteiger partial charge in [0.25, 0.3) is 0 Å². The number of nitrogens with zero attached hydrogens (tertiary/aromatic N) is 1. The van der Waals surface area contributed by atoms with Crippen LogP contribution in [0.5, 0.6) is 0 Å². The minimum absolute atomic E-state index is 0.0684. The number of nitrogens with one attached hydrogen (secondary N) is 2. The van der Waals surface area contributed by atoms with E-state index in [1.807, 2.05) is 0 Å². The number of nitriles is 1. The highest BCUT2D eigenvalue weighted by atomic mass is 32.1. The molecule has 5 heteroatoms. The summed E-state index contributed by atoms with van der Waals surface area (Å²) < 4.78 is 0. The molecular weight excluding hydrogens is 282 g/mol. The molecule has 0 spiro atoms. The van der Waals surface area contributed by atoms with Crippen molar-refractivity contribution in [2.75, 3.05) is 18.4 Å². The van der Waals surface area contributed by atoms with Crippen molar-refractivity contribution in [2.24, 2.45) is 11.3 Å². The highest BCUT2D eigenvalue weighted by Crippen LogP contribution is 2.41. The van der Waals surface area contributed by atoms with Crippen LogP contribution in [0.2, 0.25) is 0 Å². The average Bonchev–Trinajstić information content (AvgIpc) is 3.13. The maximum absolute atomic E-state index is 12.8. The molecule has 1 aliphatic heterocycles. The molecule has 1 amide bonds. The van der Waals surface area contributed by atoms with Crippen LogP contribution in [0.25, 0.3) is 0 Å². The van der Waals surface area contributed by atoms with Crippen LogP contribution in [-0.4, -0.2) is 19.0 Å². The van der Waals surface area contributed by atoms with Crippen molar-refractivity contribution in [3.8, 4) is 6.07 Å². The molecule has 2 aliphatic rings. The summed E-state index contributed by atoms with van der Waals surface area (Å²) in [4.78, 5) is 14.1. The molecule has 112 valence electrons. The van der Waals surface area contributed by atoms with Crippen LogP contribution in [0, 0.1) is 22.7 Å². The average molecular weight is 303 g/mol. The molecule has 0 radical (unpaired) electrons. The first-order valence-corrected chi connectivity index (χ1v) is 8.47. The second-order valence-electron chi connectivity index (χ2n) is 6.37. The predicted octanol–water partition coefficient (Wildman–Crippen LogP) is 2.68. The maximum atomic E-state index is 12.8. The van der Waals surface area contributed by atoms with Gasteiger partial charge in [0.05, 0.1) is 11.0 Å². The van der Waals surface area contributed by atoms with Crippen molar-refractivity contribution in [1.82, 2.24) is 5.32 Å². The zero-order valence-corrected chi connectivity index (χ0v) is 13.4. The Labute approximate surface area is 129 Å². The summed E-state index contributed by atoms with van der Waals surface area (Å²) in [6, 6.07) is 2.29. The summed E-state index contributed by atoms with van der Waals surface area (Å²) in [6.45, 7) is 5.82. The normalized spacial score (nSPS) is 24.1. The highest BCUT2D eigenvalue weighted by Gasteiger charge is 2.44. The van der Waals surface area contributed by atoms with Gasteiger partial charge >= 0.3 is 0 Å². The summed E-state index contributed by atoms with van der Waals surface area (Å²) in [5.74, 6) is 0.351. The van der Waals surface area contributed by atoms with Gasteiger partial charge in [-0.05, 0) is 43.7 Å². The van der Waals surface area contributed by atoms with E-state index in [9.17, 15) is 10.1 Å². The van der Waals surface area contributed by atoms with Gasteiger partial charge in [0.2, 0.25) is 5.91 Å². The number of carbonyl (C=O) groups excluding carboxylic acids is 1. The van der Waals surface area contributed by atoms with E-state index < -0.39 is 0 Å². The fourth-order valence-electron chi connectivity index (χ4n) is 3.50. The quantitative estimate of drug-likeness (QED) is 0.902. The standard InChI is InChI=1S/C16H21N3OS/c1-10(2)16(6-7-18-9-16)15(20)19-14-12(8-17)11-4-3-5-13(11)21-14/h10,18H,3-7,9H2,1-2H3,(H,19,20). The van der Waals surface area contributed by atoms with Crippen molar-refractivity contribution >= 4 is 22.2 Å². The fourth-order valence-corrected chi connectivity index (χ4v) is 4.73. The van der Waals surface area contributed by atoms with Crippen molar-refractivity contribution in [3.63, 3.8) is 0 Å². The van der Waals surface area contributed by atoms with Gasteiger partial charge in [0, 0.05) is 11.4 Å². The van der Waals surface area contributed by atoms with Gasteiger partial charge in [0.1, 0.15) is 11.1 Å². The zero-order chi connectivity index (χ0) is 15.0. The minimum atomic E-state index is -0.346. The van der Waals surface area contributed by atoms with Crippen molar-refractivity contribution in [2.45, 2.75) is 39.5 Å². The van der Waals surface area contributed by atoms with Crippen LogP contribution in [0.4, 0.5) is 5.00 Å². The summed E-state index contributed by atoms with van der Waals surface area (Å²) in [5.41, 5.74) is 1.52. The van der Waals surface area contributed by atoms with E-state index in [2.05, 4.69) is 30.6 Å². The Bertz CT molecular complexity index is 606. The molecule has 1 aromatic heterocycles. The van der Waals surface area contributed by atoms with Gasteiger partial charge in [-0.25, -0.2) is 0 Å². The number of hydrogen-bond acceptors (Lipinski definition) is 4. The third-order valence-electron chi connectivity index (χ3n) is 5.01. The van der Waals surface area contributed by atoms with Crippen LogP contribution in [0.1, 0.15) is 42.7 Å². The van der Waals surface area contributed by atoms with E-state index >= 15 is 0 Å². The largest absolute Gasteiger partial charge is 0.316 e. The van der Waals surface area contributed by atoms with E-state index in [4.69, 9.17) is 0 Å². The summed E-state index contributed by atoms with van der Waals surface area (Å²) >= 11 is 1.60. The topological polar surface area (TPSA) is 64.9 Å². The molecule has 0 saturated carbocycles. The SMILES string of the molecule is CC(C)C1(C(=O)Nc2sc3c(c2C#N)CCC3)CCNC1. The summed E-state index contributed by atoms with van der Waals surface area (Å²) in [7, 11) is 0. The van der Waals surface area contributed by atoms with Gasteiger partial charge in [-0.1, -0.05) is 13.8 Å². The molecule has 1 saturated heterocycles.